The van der Waals surface area contributed by atoms with Crippen molar-refractivity contribution >= 4 is 5.91 Å². The Bertz CT molecular complexity index is 432. The number of methoxy groups -OCH3 is 1. The van der Waals surface area contributed by atoms with Crippen molar-refractivity contribution in [2.24, 2.45) is 0 Å². The first kappa shape index (κ1) is 17.3. The molecule has 0 aliphatic rings. The third kappa shape index (κ3) is 6.04. The SMILES string of the molecule is COc1ccc(OCCN(C)C(C)C(=O)NC(C)C)cc1. The van der Waals surface area contributed by atoms with Gasteiger partial charge in [-0.25, -0.2) is 0 Å². The highest BCUT2D eigenvalue weighted by Crippen LogP contribution is 2.16. The van der Waals surface area contributed by atoms with E-state index in [1.54, 1.807) is 7.11 Å². The van der Waals surface area contributed by atoms with Crippen LogP contribution in [0.25, 0.3) is 0 Å². The van der Waals surface area contributed by atoms with Gasteiger partial charge in [-0.3, -0.25) is 9.69 Å². The standard InChI is InChI=1S/C16H26N2O3/c1-12(2)17-16(19)13(3)18(4)10-11-21-15-8-6-14(20-5)7-9-15/h6-9,12-13H,10-11H2,1-5H3,(H,17,19). The summed E-state index contributed by atoms with van der Waals surface area (Å²) in [5.74, 6) is 1.64. The molecule has 5 heteroatoms. The molecule has 1 atom stereocenters. The van der Waals surface area contributed by atoms with E-state index in [-0.39, 0.29) is 18.0 Å². The van der Waals surface area contributed by atoms with E-state index in [4.69, 9.17) is 9.47 Å². The Morgan fingerprint density at radius 3 is 2.29 bits per heavy atom. The molecule has 1 amide bonds. The number of ether oxygens (including phenoxy) is 2. The number of benzene rings is 1. The molecule has 0 bridgehead atoms. The zero-order valence-electron chi connectivity index (χ0n) is 13.6. The molecule has 1 N–H and O–H groups in total. The van der Waals surface area contributed by atoms with E-state index in [0.29, 0.717) is 13.2 Å². The fourth-order valence-electron chi connectivity index (χ4n) is 1.78. The van der Waals surface area contributed by atoms with Gasteiger partial charge in [-0.1, -0.05) is 0 Å². The molecule has 0 aliphatic heterocycles. The molecule has 0 saturated carbocycles. The molecule has 1 unspecified atom stereocenters. The Hall–Kier alpha value is -1.75. The van der Waals surface area contributed by atoms with Crippen LogP contribution >= 0.6 is 0 Å². The van der Waals surface area contributed by atoms with Gasteiger partial charge < -0.3 is 14.8 Å². The van der Waals surface area contributed by atoms with Crippen molar-refractivity contribution in [1.82, 2.24) is 10.2 Å². The Labute approximate surface area is 127 Å². The van der Waals surface area contributed by atoms with Gasteiger partial charge >= 0.3 is 0 Å². The first-order valence-corrected chi connectivity index (χ1v) is 7.21. The molecule has 21 heavy (non-hydrogen) atoms. The van der Waals surface area contributed by atoms with Crippen molar-refractivity contribution < 1.29 is 14.3 Å². The molecule has 1 rings (SSSR count). The second-order valence-electron chi connectivity index (χ2n) is 5.34. The summed E-state index contributed by atoms with van der Waals surface area (Å²) < 4.78 is 10.8. The first-order valence-electron chi connectivity index (χ1n) is 7.21. The molecule has 1 aromatic carbocycles. The largest absolute Gasteiger partial charge is 0.497 e. The van der Waals surface area contributed by atoms with Gasteiger partial charge in [0.25, 0.3) is 0 Å². The van der Waals surface area contributed by atoms with Crippen LogP contribution in [0.2, 0.25) is 0 Å². The van der Waals surface area contributed by atoms with E-state index in [1.807, 2.05) is 57.0 Å². The van der Waals surface area contributed by atoms with Crippen molar-refractivity contribution in [2.75, 3.05) is 27.3 Å². The number of carbonyl (C=O) groups excluding carboxylic acids is 1. The summed E-state index contributed by atoms with van der Waals surface area (Å²) in [5.41, 5.74) is 0. The predicted molar refractivity (Wildman–Crippen MR) is 83.9 cm³/mol. The lowest BCUT2D eigenvalue weighted by Crippen LogP contribution is -2.46. The third-order valence-electron chi connectivity index (χ3n) is 3.24. The summed E-state index contributed by atoms with van der Waals surface area (Å²) in [6, 6.07) is 7.44. The van der Waals surface area contributed by atoms with Gasteiger partial charge in [0, 0.05) is 12.6 Å². The molecule has 0 spiro atoms. The summed E-state index contributed by atoms with van der Waals surface area (Å²) in [6.07, 6.45) is 0. The fourth-order valence-corrected chi connectivity index (χ4v) is 1.78. The Morgan fingerprint density at radius 1 is 1.19 bits per heavy atom. The molecule has 1 aromatic rings. The van der Waals surface area contributed by atoms with Crippen molar-refractivity contribution in [3.8, 4) is 11.5 Å². The van der Waals surface area contributed by atoms with E-state index < -0.39 is 0 Å². The molecule has 0 aliphatic carbocycles. The summed E-state index contributed by atoms with van der Waals surface area (Å²) >= 11 is 0. The number of hydrogen-bond donors (Lipinski definition) is 1. The lowest BCUT2D eigenvalue weighted by molar-refractivity contribution is -0.126. The summed E-state index contributed by atoms with van der Waals surface area (Å²) in [6.45, 7) is 7.01. The molecule has 0 saturated heterocycles. The average Bonchev–Trinajstić information content (AvgIpc) is 2.46. The van der Waals surface area contributed by atoms with Crippen molar-refractivity contribution in [3.05, 3.63) is 24.3 Å². The smallest absolute Gasteiger partial charge is 0.237 e. The number of likely N-dealkylation sites (N-methyl/N-ethyl adjacent to an activating group) is 1. The first-order chi connectivity index (χ1) is 9.93. The lowest BCUT2D eigenvalue weighted by Gasteiger charge is -2.24. The number of hydrogen-bond acceptors (Lipinski definition) is 4. The number of nitrogens with zero attached hydrogens (tertiary/aromatic N) is 1. The average molecular weight is 294 g/mol. The molecule has 0 fully saturated rings. The van der Waals surface area contributed by atoms with Gasteiger partial charge in [-0.15, -0.1) is 0 Å². The second-order valence-corrected chi connectivity index (χ2v) is 5.34. The maximum Gasteiger partial charge on any atom is 0.237 e. The van der Waals surface area contributed by atoms with Crippen molar-refractivity contribution in [3.63, 3.8) is 0 Å². The van der Waals surface area contributed by atoms with E-state index >= 15 is 0 Å². The molecule has 0 aromatic heterocycles. The molecule has 5 nitrogen and oxygen atoms in total. The lowest BCUT2D eigenvalue weighted by atomic mass is 10.2. The van der Waals surface area contributed by atoms with Gasteiger partial charge in [-0.2, -0.15) is 0 Å². The van der Waals surface area contributed by atoms with E-state index in [1.165, 1.54) is 0 Å². The van der Waals surface area contributed by atoms with Crippen LogP contribution in [0.15, 0.2) is 24.3 Å². The van der Waals surface area contributed by atoms with Crippen LogP contribution in [-0.4, -0.2) is 50.2 Å². The zero-order chi connectivity index (χ0) is 15.8. The summed E-state index contributed by atoms with van der Waals surface area (Å²) in [5, 5.41) is 2.91. The Morgan fingerprint density at radius 2 is 1.76 bits per heavy atom. The molecule has 118 valence electrons. The van der Waals surface area contributed by atoms with Crippen LogP contribution in [-0.2, 0) is 4.79 Å². The van der Waals surface area contributed by atoms with Crippen LogP contribution in [0, 0.1) is 0 Å². The minimum Gasteiger partial charge on any atom is -0.497 e. The minimum atomic E-state index is -0.174. The number of nitrogens with one attached hydrogen (secondary N) is 1. The molecule has 0 radical (unpaired) electrons. The van der Waals surface area contributed by atoms with Crippen LogP contribution in [0.3, 0.4) is 0 Å². The fraction of sp³-hybridized carbons (Fsp3) is 0.562. The highest BCUT2D eigenvalue weighted by molar-refractivity contribution is 5.81. The maximum absolute atomic E-state index is 11.9. The third-order valence-corrected chi connectivity index (χ3v) is 3.24. The van der Waals surface area contributed by atoms with Crippen molar-refractivity contribution in [1.29, 1.82) is 0 Å². The van der Waals surface area contributed by atoms with Crippen LogP contribution in [0.1, 0.15) is 20.8 Å². The van der Waals surface area contributed by atoms with E-state index in [2.05, 4.69) is 5.32 Å². The maximum atomic E-state index is 11.9. The van der Waals surface area contributed by atoms with Gasteiger partial charge in [0.05, 0.1) is 13.2 Å². The monoisotopic (exact) mass is 294 g/mol. The second kappa shape index (κ2) is 8.52. The van der Waals surface area contributed by atoms with E-state index in [0.717, 1.165) is 11.5 Å². The van der Waals surface area contributed by atoms with Gasteiger partial charge in [0.15, 0.2) is 0 Å². The zero-order valence-corrected chi connectivity index (χ0v) is 13.6. The summed E-state index contributed by atoms with van der Waals surface area (Å²) in [4.78, 5) is 13.9. The van der Waals surface area contributed by atoms with Gasteiger partial charge in [-0.05, 0) is 52.1 Å². The number of amides is 1. The van der Waals surface area contributed by atoms with Gasteiger partial charge in [0.1, 0.15) is 18.1 Å². The number of carbonyl (C=O) groups is 1. The quantitative estimate of drug-likeness (QED) is 0.796. The molecular formula is C16H26N2O3. The number of rotatable bonds is 8. The van der Waals surface area contributed by atoms with Crippen molar-refractivity contribution in [2.45, 2.75) is 32.9 Å². The summed E-state index contributed by atoms with van der Waals surface area (Å²) in [7, 11) is 3.55. The van der Waals surface area contributed by atoms with Crippen LogP contribution < -0.4 is 14.8 Å². The van der Waals surface area contributed by atoms with Crippen LogP contribution in [0.4, 0.5) is 0 Å². The van der Waals surface area contributed by atoms with Crippen LogP contribution in [0.5, 0.6) is 11.5 Å². The Kier molecular flexibility index (Phi) is 7.02. The highest BCUT2D eigenvalue weighted by atomic mass is 16.5. The Balaban J connectivity index is 2.34. The minimum absolute atomic E-state index is 0.0388. The van der Waals surface area contributed by atoms with Gasteiger partial charge in [0.2, 0.25) is 5.91 Å². The predicted octanol–water partition coefficient (Wildman–Crippen LogP) is 1.92. The highest BCUT2D eigenvalue weighted by Gasteiger charge is 2.18. The topological polar surface area (TPSA) is 50.8 Å². The van der Waals surface area contributed by atoms with E-state index in [9.17, 15) is 4.79 Å². The normalized spacial score (nSPS) is 12.3. The molecule has 0 heterocycles. The molecular weight excluding hydrogens is 268 g/mol.